The average molecular weight is 266 g/mol. The Kier molecular flexibility index (Phi) is 4.70. The van der Waals surface area contributed by atoms with Gasteiger partial charge < -0.3 is 9.84 Å². The molecule has 0 saturated carbocycles. The highest BCUT2D eigenvalue weighted by molar-refractivity contribution is 5.29. The maximum absolute atomic E-state index is 13.0. The molecule has 1 N–H and O–H groups in total. The van der Waals surface area contributed by atoms with Crippen LogP contribution in [-0.2, 0) is 10.9 Å². The monoisotopic (exact) mass is 266 g/mol. The van der Waals surface area contributed by atoms with E-state index in [1.165, 1.54) is 6.92 Å². The van der Waals surface area contributed by atoms with Crippen molar-refractivity contribution in [2.24, 2.45) is 0 Å². The van der Waals surface area contributed by atoms with Gasteiger partial charge in [0.05, 0.1) is 11.7 Å². The Bertz CT molecular complexity index is 404. The molecule has 6 heteroatoms. The van der Waals surface area contributed by atoms with Crippen LogP contribution >= 0.6 is 0 Å². The van der Waals surface area contributed by atoms with Crippen LogP contribution in [0.2, 0.25) is 0 Å². The van der Waals surface area contributed by atoms with Crippen LogP contribution < -0.4 is 0 Å². The zero-order valence-electron chi connectivity index (χ0n) is 9.96. The molecule has 1 aromatic carbocycles. The third-order valence-electron chi connectivity index (χ3n) is 2.51. The third-order valence-corrected chi connectivity index (χ3v) is 2.51. The highest BCUT2D eigenvalue weighted by atomic mass is 19.4. The van der Waals surface area contributed by atoms with Crippen LogP contribution in [-0.4, -0.2) is 17.8 Å². The van der Waals surface area contributed by atoms with Crippen molar-refractivity contribution in [3.8, 4) is 0 Å². The number of rotatable bonds is 4. The Hall–Kier alpha value is -1.14. The van der Waals surface area contributed by atoms with Crippen LogP contribution in [0.3, 0.4) is 0 Å². The number of ether oxygens (including phenoxy) is 1. The summed E-state index contributed by atoms with van der Waals surface area (Å²) in [6.45, 7) is 3.56. The first-order chi connectivity index (χ1) is 8.27. The molecule has 102 valence electrons. The second-order valence-corrected chi connectivity index (χ2v) is 3.84. The first kappa shape index (κ1) is 14.9. The summed E-state index contributed by atoms with van der Waals surface area (Å²) in [4.78, 5) is 0. The molecule has 0 fully saturated rings. The number of benzene rings is 1. The lowest BCUT2D eigenvalue weighted by molar-refractivity contribution is -0.140. The maximum Gasteiger partial charge on any atom is 0.419 e. The topological polar surface area (TPSA) is 29.5 Å². The molecular weight excluding hydrogens is 252 g/mol. The summed E-state index contributed by atoms with van der Waals surface area (Å²) in [6, 6.07) is 2.42. The standard InChI is InChI=1S/C12H14F4O2/c1-3-18-7(2)11(17)8-4-5-10(13)9(6-8)12(14,15)16/h4-7,11,17H,3H2,1-2H3. The zero-order valence-corrected chi connectivity index (χ0v) is 9.96. The van der Waals surface area contributed by atoms with E-state index in [1.807, 2.05) is 0 Å². The van der Waals surface area contributed by atoms with E-state index in [9.17, 15) is 22.7 Å². The Balaban J connectivity index is 3.05. The fourth-order valence-corrected chi connectivity index (χ4v) is 1.57. The summed E-state index contributed by atoms with van der Waals surface area (Å²) in [7, 11) is 0. The molecule has 0 aliphatic rings. The number of hydrogen-bond acceptors (Lipinski definition) is 2. The fraction of sp³-hybridized carbons (Fsp3) is 0.500. The molecule has 0 bridgehead atoms. The van der Waals surface area contributed by atoms with Gasteiger partial charge in [0.25, 0.3) is 0 Å². The van der Waals surface area contributed by atoms with Crippen molar-refractivity contribution < 1.29 is 27.4 Å². The van der Waals surface area contributed by atoms with E-state index in [-0.39, 0.29) is 5.56 Å². The van der Waals surface area contributed by atoms with Crippen LogP contribution in [0, 0.1) is 5.82 Å². The van der Waals surface area contributed by atoms with Gasteiger partial charge in [-0.25, -0.2) is 4.39 Å². The molecule has 0 amide bonds. The van der Waals surface area contributed by atoms with Gasteiger partial charge >= 0.3 is 6.18 Å². The minimum Gasteiger partial charge on any atom is -0.386 e. The molecular formula is C12H14F4O2. The van der Waals surface area contributed by atoms with Crippen molar-refractivity contribution in [3.05, 3.63) is 35.1 Å². The number of aliphatic hydroxyl groups excluding tert-OH is 1. The first-order valence-electron chi connectivity index (χ1n) is 5.43. The zero-order chi connectivity index (χ0) is 13.9. The van der Waals surface area contributed by atoms with E-state index in [2.05, 4.69) is 0 Å². The number of halogens is 4. The molecule has 0 saturated heterocycles. The Morgan fingerprint density at radius 1 is 1.33 bits per heavy atom. The van der Waals surface area contributed by atoms with E-state index in [0.29, 0.717) is 18.7 Å². The smallest absolute Gasteiger partial charge is 0.386 e. The van der Waals surface area contributed by atoms with Crippen LogP contribution in [0.5, 0.6) is 0 Å². The van der Waals surface area contributed by atoms with Crippen molar-refractivity contribution in [2.45, 2.75) is 32.2 Å². The summed E-state index contributed by atoms with van der Waals surface area (Å²) in [5, 5.41) is 9.79. The van der Waals surface area contributed by atoms with Crippen molar-refractivity contribution in [3.63, 3.8) is 0 Å². The van der Waals surface area contributed by atoms with E-state index >= 15 is 0 Å². The van der Waals surface area contributed by atoms with Crippen LogP contribution in [0.15, 0.2) is 18.2 Å². The molecule has 18 heavy (non-hydrogen) atoms. The van der Waals surface area contributed by atoms with Gasteiger partial charge in [-0.1, -0.05) is 6.07 Å². The number of aliphatic hydroxyl groups is 1. The molecule has 2 unspecified atom stereocenters. The lowest BCUT2D eigenvalue weighted by atomic mass is 10.0. The van der Waals surface area contributed by atoms with E-state index in [1.54, 1.807) is 6.92 Å². The highest BCUT2D eigenvalue weighted by Gasteiger charge is 2.35. The molecule has 0 spiro atoms. The minimum atomic E-state index is -4.78. The lowest BCUT2D eigenvalue weighted by Crippen LogP contribution is -2.19. The highest BCUT2D eigenvalue weighted by Crippen LogP contribution is 2.33. The molecule has 0 aromatic heterocycles. The minimum absolute atomic E-state index is 0.0234. The molecule has 2 atom stereocenters. The molecule has 1 aromatic rings. The van der Waals surface area contributed by atoms with Gasteiger partial charge in [0, 0.05) is 6.61 Å². The van der Waals surface area contributed by atoms with Crippen molar-refractivity contribution >= 4 is 0 Å². The number of hydrogen-bond donors (Lipinski definition) is 1. The number of alkyl halides is 3. The Morgan fingerprint density at radius 3 is 2.44 bits per heavy atom. The normalized spacial score (nSPS) is 15.5. The predicted molar refractivity (Wildman–Crippen MR) is 57.4 cm³/mol. The average Bonchev–Trinajstić information content (AvgIpc) is 2.27. The summed E-state index contributed by atoms with van der Waals surface area (Å²) >= 11 is 0. The van der Waals surface area contributed by atoms with Crippen molar-refractivity contribution in [1.82, 2.24) is 0 Å². The van der Waals surface area contributed by atoms with Gasteiger partial charge in [0.15, 0.2) is 0 Å². The van der Waals surface area contributed by atoms with Crippen molar-refractivity contribution in [1.29, 1.82) is 0 Å². The molecule has 1 rings (SSSR count). The quantitative estimate of drug-likeness (QED) is 0.847. The van der Waals surface area contributed by atoms with E-state index < -0.39 is 29.8 Å². The van der Waals surface area contributed by atoms with Crippen LogP contribution in [0.4, 0.5) is 17.6 Å². The predicted octanol–water partition coefficient (Wildman–Crippen LogP) is 3.30. The second kappa shape index (κ2) is 5.67. The third kappa shape index (κ3) is 3.43. The Labute approximate surface area is 102 Å². The summed E-state index contributed by atoms with van der Waals surface area (Å²) in [6.07, 6.45) is -6.68. The second-order valence-electron chi connectivity index (χ2n) is 3.84. The van der Waals surface area contributed by atoms with Gasteiger partial charge in [-0.3, -0.25) is 0 Å². The van der Waals surface area contributed by atoms with Gasteiger partial charge in [0.2, 0.25) is 0 Å². The van der Waals surface area contributed by atoms with E-state index in [4.69, 9.17) is 4.74 Å². The summed E-state index contributed by atoms with van der Waals surface area (Å²) in [5.74, 6) is -1.36. The summed E-state index contributed by atoms with van der Waals surface area (Å²) in [5.41, 5.74) is -1.41. The molecule has 0 radical (unpaired) electrons. The first-order valence-corrected chi connectivity index (χ1v) is 5.43. The van der Waals surface area contributed by atoms with Crippen LogP contribution in [0.1, 0.15) is 31.1 Å². The molecule has 0 heterocycles. The van der Waals surface area contributed by atoms with Gasteiger partial charge in [0.1, 0.15) is 11.9 Å². The maximum atomic E-state index is 13.0. The fourth-order valence-electron chi connectivity index (χ4n) is 1.57. The van der Waals surface area contributed by atoms with Crippen molar-refractivity contribution in [2.75, 3.05) is 6.61 Å². The van der Waals surface area contributed by atoms with Gasteiger partial charge in [-0.15, -0.1) is 0 Å². The molecule has 2 nitrogen and oxygen atoms in total. The Morgan fingerprint density at radius 2 is 1.94 bits per heavy atom. The van der Waals surface area contributed by atoms with Crippen LogP contribution in [0.25, 0.3) is 0 Å². The summed E-state index contributed by atoms with van der Waals surface area (Å²) < 4.78 is 55.6. The molecule has 0 aliphatic carbocycles. The van der Waals surface area contributed by atoms with E-state index in [0.717, 1.165) is 6.07 Å². The van der Waals surface area contributed by atoms with Gasteiger partial charge in [-0.2, -0.15) is 13.2 Å². The SMILES string of the molecule is CCOC(C)C(O)c1ccc(F)c(C(F)(F)F)c1. The lowest BCUT2D eigenvalue weighted by Gasteiger charge is -2.20. The largest absolute Gasteiger partial charge is 0.419 e. The molecule has 0 aliphatic heterocycles. The van der Waals surface area contributed by atoms with Gasteiger partial charge in [-0.05, 0) is 31.5 Å².